The molecular formula is C13H11ClO3S. The average molecular weight is 283 g/mol. The summed E-state index contributed by atoms with van der Waals surface area (Å²) < 4.78 is 30.7. The summed E-state index contributed by atoms with van der Waals surface area (Å²) in [5.41, 5.74) is 2.87. The van der Waals surface area contributed by atoms with E-state index in [0.717, 1.165) is 16.7 Å². The van der Waals surface area contributed by atoms with Gasteiger partial charge in [0.05, 0.1) is 4.90 Å². The van der Waals surface area contributed by atoms with Crippen LogP contribution in [0.25, 0.3) is 11.1 Å². The SMILES string of the molecule is O=S(=O)(O)c1ccc(-c2ccc(CCl)cc2)cc1. The van der Waals surface area contributed by atoms with E-state index in [1.165, 1.54) is 12.1 Å². The molecule has 0 aliphatic rings. The lowest BCUT2D eigenvalue weighted by molar-refractivity contribution is 0.483. The molecule has 0 aromatic heterocycles. The number of alkyl halides is 1. The second-order valence-electron chi connectivity index (χ2n) is 3.83. The molecule has 0 amide bonds. The van der Waals surface area contributed by atoms with E-state index in [0.29, 0.717) is 5.88 Å². The monoisotopic (exact) mass is 282 g/mol. The molecule has 0 spiro atoms. The van der Waals surface area contributed by atoms with Gasteiger partial charge in [0.15, 0.2) is 0 Å². The van der Waals surface area contributed by atoms with Crippen molar-refractivity contribution >= 4 is 21.7 Å². The van der Waals surface area contributed by atoms with Crippen LogP contribution in [-0.4, -0.2) is 13.0 Å². The molecule has 0 atom stereocenters. The minimum Gasteiger partial charge on any atom is -0.282 e. The Morgan fingerprint density at radius 2 is 1.33 bits per heavy atom. The maximum Gasteiger partial charge on any atom is 0.294 e. The molecule has 0 saturated heterocycles. The highest BCUT2D eigenvalue weighted by molar-refractivity contribution is 7.85. The average Bonchev–Trinajstić information content (AvgIpc) is 2.38. The summed E-state index contributed by atoms with van der Waals surface area (Å²) in [4.78, 5) is -0.108. The third-order valence-electron chi connectivity index (χ3n) is 2.59. The van der Waals surface area contributed by atoms with Crippen LogP contribution in [0.4, 0.5) is 0 Å². The standard InChI is InChI=1S/C13H11ClO3S/c14-9-10-1-3-11(4-2-10)12-5-7-13(8-6-12)18(15,16)17/h1-8H,9H2,(H,15,16,17). The van der Waals surface area contributed by atoms with Crippen molar-refractivity contribution in [3.8, 4) is 11.1 Å². The number of benzene rings is 2. The molecule has 1 N–H and O–H groups in total. The molecule has 0 fully saturated rings. The lowest BCUT2D eigenvalue weighted by Gasteiger charge is -2.04. The molecule has 0 radical (unpaired) electrons. The first-order valence-electron chi connectivity index (χ1n) is 5.23. The minimum atomic E-state index is -4.13. The maximum atomic E-state index is 10.9. The molecule has 2 aromatic carbocycles. The third kappa shape index (κ3) is 2.90. The molecule has 0 unspecified atom stereocenters. The van der Waals surface area contributed by atoms with Crippen LogP contribution < -0.4 is 0 Å². The van der Waals surface area contributed by atoms with Crippen molar-refractivity contribution in [3.05, 3.63) is 54.1 Å². The van der Waals surface area contributed by atoms with Gasteiger partial charge in [-0.1, -0.05) is 36.4 Å². The van der Waals surface area contributed by atoms with Gasteiger partial charge in [0.1, 0.15) is 0 Å². The van der Waals surface area contributed by atoms with Gasteiger partial charge in [-0.15, -0.1) is 11.6 Å². The molecule has 18 heavy (non-hydrogen) atoms. The van der Waals surface area contributed by atoms with E-state index in [-0.39, 0.29) is 4.90 Å². The fraction of sp³-hybridized carbons (Fsp3) is 0.0769. The smallest absolute Gasteiger partial charge is 0.282 e. The van der Waals surface area contributed by atoms with Crippen LogP contribution in [-0.2, 0) is 16.0 Å². The van der Waals surface area contributed by atoms with E-state index in [4.69, 9.17) is 16.2 Å². The zero-order valence-electron chi connectivity index (χ0n) is 9.38. The van der Waals surface area contributed by atoms with Crippen molar-refractivity contribution in [1.29, 1.82) is 0 Å². The highest BCUT2D eigenvalue weighted by Crippen LogP contribution is 2.22. The Morgan fingerprint density at radius 1 is 0.889 bits per heavy atom. The lowest BCUT2D eigenvalue weighted by atomic mass is 10.0. The molecule has 5 heteroatoms. The highest BCUT2D eigenvalue weighted by atomic mass is 35.5. The molecule has 0 bridgehead atoms. The Labute approximate surface area is 111 Å². The predicted octanol–water partition coefficient (Wildman–Crippen LogP) is 3.34. The lowest BCUT2D eigenvalue weighted by Crippen LogP contribution is -1.97. The van der Waals surface area contributed by atoms with Crippen molar-refractivity contribution in [2.45, 2.75) is 10.8 Å². The van der Waals surface area contributed by atoms with Crippen molar-refractivity contribution in [3.63, 3.8) is 0 Å². The highest BCUT2D eigenvalue weighted by Gasteiger charge is 2.08. The molecule has 0 aliphatic heterocycles. The first kappa shape index (κ1) is 13.1. The van der Waals surface area contributed by atoms with Crippen molar-refractivity contribution in [2.75, 3.05) is 0 Å². The zero-order chi connectivity index (χ0) is 13.2. The van der Waals surface area contributed by atoms with Crippen LogP contribution in [0.5, 0.6) is 0 Å². The molecule has 0 aliphatic carbocycles. The summed E-state index contributed by atoms with van der Waals surface area (Å²) in [7, 11) is -4.13. The van der Waals surface area contributed by atoms with Crippen molar-refractivity contribution < 1.29 is 13.0 Å². The Balaban J connectivity index is 2.34. The number of hydrogen-bond donors (Lipinski definition) is 1. The van der Waals surface area contributed by atoms with Crippen LogP contribution in [0.3, 0.4) is 0 Å². The van der Waals surface area contributed by atoms with Crippen LogP contribution in [0, 0.1) is 0 Å². The van der Waals surface area contributed by atoms with Crippen LogP contribution in [0.2, 0.25) is 0 Å². The van der Waals surface area contributed by atoms with Gasteiger partial charge in [0, 0.05) is 5.88 Å². The maximum absolute atomic E-state index is 10.9. The van der Waals surface area contributed by atoms with Gasteiger partial charge in [0.2, 0.25) is 0 Å². The van der Waals surface area contributed by atoms with Gasteiger partial charge in [0.25, 0.3) is 10.1 Å². The molecular weight excluding hydrogens is 272 g/mol. The van der Waals surface area contributed by atoms with Crippen LogP contribution in [0.15, 0.2) is 53.4 Å². The first-order valence-corrected chi connectivity index (χ1v) is 7.21. The van der Waals surface area contributed by atoms with Crippen molar-refractivity contribution in [2.24, 2.45) is 0 Å². The summed E-state index contributed by atoms with van der Waals surface area (Å²) in [6.45, 7) is 0. The molecule has 0 saturated carbocycles. The fourth-order valence-corrected chi connectivity index (χ4v) is 2.26. The zero-order valence-corrected chi connectivity index (χ0v) is 10.9. The second-order valence-corrected chi connectivity index (χ2v) is 5.52. The van der Waals surface area contributed by atoms with Gasteiger partial charge in [-0.2, -0.15) is 8.42 Å². The Morgan fingerprint density at radius 3 is 1.72 bits per heavy atom. The Kier molecular flexibility index (Phi) is 3.71. The second kappa shape index (κ2) is 5.10. The van der Waals surface area contributed by atoms with Gasteiger partial charge in [-0.25, -0.2) is 0 Å². The number of hydrogen-bond acceptors (Lipinski definition) is 2. The molecule has 2 rings (SSSR count). The summed E-state index contributed by atoms with van der Waals surface area (Å²) in [5.74, 6) is 0.460. The van der Waals surface area contributed by atoms with Gasteiger partial charge < -0.3 is 0 Å². The summed E-state index contributed by atoms with van der Waals surface area (Å²) in [6.07, 6.45) is 0. The first-order chi connectivity index (χ1) is 8.50. The minimum absolute atomic E-state index is 0.108. The Hall–Kier alpha value is -1.36. The molecule has 0 heterocycles. The number of halogens is 1. The predicted molar refractivity (Wildman–Crippen MR) is 71.2 cm³/mol. The summed E-state index contributed by atoms with van der Waals surface area (Å²) in [5, 5.41) is 0. The third-order valence-corrected chi connectivity index (χ3v) is 3.77. The van der Waals surface area contributed by atoms with Gasteiger partial charge in [-0.05, 0) is 28.8 Å². The topological polar surface area (TPSA) is 54.4 Å². The van der Waals surface area contributed by atoms with Crippen molar-refractivity contribution in [1.82, 2.24) is 0 Å². The van der Waals surface area contributed by atoms with Crippen LogP contribution in [0.1, 0.15) is 5.56 Å². The molecule has 2 aromatic rings. The normalized spacial score (nSPS) is 11.4. The molecule has 3 nitrogen and oxygen atoms in total. The quantitative estimate of drug-likeness (QED) is 0.694. The summed E-state index contributed by atoms with van der Waals surface area (Å²) in [6, 6.07) is 13.7. The van der Waals surface area contributed by atoms with E-state index < -0.39 is 10.1 Å². The molecule has 94 valence electrons. The van der Waals surface area contributed by atoms with E-state index >= 15 is 0 Å². The van der Waals surface area contributed by atoms with E-state index in [1.54, 1.807) is 12.1 Å². The van der Waals surface area contributed by atoms with Crippen LogP contribution >= 0.6 is 11.6 Å². The largest absolute Gasteiger partial charge is 0.294 e. The van der Waals surface area contributed by atoms with E-state index in [2.05, 4.69) is 0 Å². The van der Waals surface area contributed by atoms with E-state index in [9.17, 15) is 8.42 Å². The fourth-order valence-electron chi connectivity index (χ4n) is 1.61. The number of rotatable bonds is 3. The Bertz CT molecular complexity index is 631. The van der Waals surface area contributed by atoms with Gasteiger partial charge in [-0.3, -0.25) is 4.55 Å². The summed E-state index contributed by atoms with van der Waals surface area (Å²) >= 11 is 5.70. The van der Waals surface area contributed by atoms with Gasteiger partial charge >= 0.3 is 0 Å². The van der Waals surface area contributed by atoms with E-state index in [1.807, 2.05) is 24.3 Å².